The predicted octanol–water partition coefficient (Wildman–Crippen LogP) is 5.12. The van der Waals surface area contributed by atoms with Gasteiger partial charge in [-0.25, -0.2) is 9.53 Å². The molecule has 1 atom stereocenters. The van der Waals surface area contributed by atoms with Crippen LogP contribution in [-0.4, -0.2) is 15.0 Å². The van der Waals surface area contributed by atoms with E-state index in [0.717, 1.165) is 40.1 Å². The summed E-state index contributed by atoms with van der Waals surface area (Å²) in [5.74, 6) is 0. The summed E-state index contributed by atoms with van der Waals surface area (Å²) < 4.78 is 3.03. The molecule has 0 amide bonds. The minimum atomic E-state index is 0.134. The molecule has 1 aliphatic heterocycles. The van der Waals surface area contributed by atoms with Gasteiger partial charge < -0.3 is 5.32 Å². The van der Waals surface area contributed by atoms with Crippen molar-refractivity contribution in [2.75, 3.05) is 5.32 Å². The monoisotopic (exact) mass is 393 g/mol. The van der Waals surface area contributed by atoms with Crippen molar-refractivity contribution in [1.82, 2.24) is 15.0 Å². The molecule has 1 unspecified atom stereocenters. The van der Waals surface area contributed by atoms with Crippen molar-refractivity contribution in [3.05, 3.63) is 69.6 Å². The Bertz CT molecular complexity index is 986. The zero-order valence-corrected chi connectivity index (χ0v) is 15.3. The average molecular weight is 394 g/mol. The number of halogens is 1. The molecule has 5 nitrogen and oxygen atoms in total. The minimum Gasteiger partial charge on any atom is -0.379 e. The van der Waals surface area contributed by atoms with Gasteiger partial charge in [0, 0.05) is 22.3 Å². The van der Waals surface area contributed by atoms with Gasteiger partial charge in [-0.15, -0.1) is 5.10 Å². The van der Waals surface area contributed by atoms with Gasteiger partial charge in [0.2, 0.25) is 0 Å². The van der Waals surface area contributed by atoms with Crippen molar-refractivity contribution in [1.29, 1.82) is 0 Å². The van der Waals surface area contributed by atoms with Crippen molar-refractivity contribution < 1.29 is 0 Å². The smallest absolute Gasteiger partial charge is 0.189 e. The van der Waals surface area contributed by atoms with E-state index in [4.69, 9.17) is 6.57 Å². The van der Waals surface area contributed by atoms with Gasteiger partial charge in [-0.05, 0) is 43.2 Å². The molecule has 0 saturated carbocycles. The van der Waals surface area contributed by atoms with E-state index >= 15 is 0 Å². The molecule has 0 saturated heterocycles. The van der Waals surface area contributed by atoms with E-state index in [0.29, 0.717) is 5.69 Å². The van der Waals surface area contributed by atoms with Gasteiger partial charge in [-0.2, -0.15) is 0 Å². The summed E-state index contributed by atoms with van der Waals surface area (Å²) in [5, 5.41) is 12.1. The first kappa shape index (κ1) is 15.9. The molecule has 1 aliphatic rings. The highest BCUT2D eigenvalue weighted by Gasteiger charge is 2.25. The Morgan fingerprint density at radius 1 is 1.28 bits per heavy atom. The van der Waals surface area contributed by atoms with E-state index in [2.05, 4.69) is 54.6 Å². The van der Waals surface area contributed by atoms with E-state index in [1.165, 1.54) is 5.56 Å². The van der Waals surface area contributed by atoms with Crippen LogP contribution >= 0.6 is 15.9 Å². The molecular formula is C19H16BrN5. The second-order valence-electron chi connectivity index (χ2n) is 6.13. The second-order valence-corrected chi connectivity index (χ2v) is 7.04. The number of benzene rings is 2. The van der Waals surface area contributed by atoms with Crippen LogP contribution in [0.4, 0.5) is 11.4 Å². The predicted molar refractivity (Wildman–Crippen MR) is 102 cm³/mol. The molecule has 3 aromatic rings. The van der Waals surface area contributed by atoms with Crippen molar-refractivity contribution >= 4 is 27.3 Å². The van der Waals surface area contributed by atoms with Gasteiger partial charge in [-0.1, -0.05) is 39.3 Å². The number of aryl methyl sites for hydroxylation is 2. The first-order chi connectivity index (χ1) is 12.2. The first-order valence-electron chi connectivity index (χ1n) is 8.09. The summed E-state index contributed by atoms with van der Waals surface area (Å²) in [7, 11) is 0. The number of rotatable bonds is 2. The highest BCUT2D eigenvalue weighted by Crippen LogP contribution is 2.38. The molecule has 6 heteroatoms. The quantitative estimate of drug-likeness (QED) is 0.614. The third kappa shape index (κ3) is 2.92. The lowest BCUT2D eigenvalue weighted by molar-refractivity contribution is 0.539. The Hall–Kier alpha value is -2.65. The van der Waals surface area contributed by atoms with Crippen LogP contribution in [0.2, 0.25) is 0 Å². The summed E-state index contributed by atoms with van der Waals surface area (Å²) in [5.41, 5.74) is 5.99. The number of nitrogens with one attached hydrogen (secondary N) is 1. The molecule has 1 N–H and O–H groups in total. The molecule has 0 fully saturated rings. The third-order valence-electron chi connectivity index (χ3n) is 4.49. The maximum atomic E-state index is 7.20. The number of hydrogen-bond acceptors (Lipinski definition) is 3. The van der Waals surface area contributed by atoms with Gasteiger partial charge in [0.05, 0.1) is 24.0 Å². The number of fused-ring (bicyclic) bond motifs is 3. The van der Waals surface area contributed by atoms with Gasteiger partial charge in [0.15, 0.2) is 5.69 Å². The minimum absolute atomic E-state index is 0.134. The van der Waals surface area contributed by atoms with Crippen LogP contribution in [0.15, 0.2) is 46.9 Å². The van der Waals surface area contributed by atoms with E-state index in [1.807, 2.05) is 35.9 Å². The fraction of sp³-hybridized carbons (Fsp3) is 0.211. The Labute approximate surface area is 154 Å². The Kier molecular flexibility index (Phi) is 4.02. The van der Waals surface area contributed by atoms with Crippen LogP contribution in [0.5, 0.6) is 0 Å². The molecule has 1 aromatic heterocycles. The Morgan fingerprint density at radius 3 is 3.00 bits per heavy atom. The van der Waals surface area contributed by atoms with Crippen molar-refractivity contribution in [3.8, 4) is 11.3 Å². The summed E-state index contributed by atoms with van der Waals surface area (Å²) in [6, 6.07) is 14.1. The van der Waals surface area contributed by atoms with E-state index < -0.39 is 0 Å². The summed E-state index contributed by atoms with van der Waals surface area (Å²) in [4.78, 5) is 3.52. The van der Waals surface area contributed by atoms with Crippen molar-refractivity contribution in [3.63, 3.8) is 0 Å². The largest absolute Gasteiger partial charge is 0.379 e. The number of anilines is 1. The number of nitrogens with zero attached hydrogens (tertiary/aromatic N) is 4. The lowest BCUT2D eigenvalue weighted by atomic mass is 9.96. The summed E-state index contributed by atoms with van der Waals surface area (Å²) in [6.07, 6.45) is 0.890. The molecule has 0 aliphatic carbocycles. The highest BCUT2D eigenvalue weighted by molar-refractivity contribution is 9.10. The van der Waals surface area contributed by atoms with Gasteiger partial charge in [0.1, 0.15) is 0 Å². The van der Waals surface area contributed by atoms with Crippen LogP contribution in [-0.2, 0) is 6.54 Å². The molecule has 0 bridgehead atoms. The van der Waals surface area contributed by atoms with E-state index in [-0.39, 0.29) is 6.04 Å². The maximum absolute atomic E-state index is 7.20. The van der Waals surface area contributed by atoms with Crippen LogP contribution < -0.4 is 5.32 Å². The molecule has 124 valence electrons. The van der Waals surface area contributed by atoms with E-state index in [1.54, 1.807) is 0 Å². The fourth-order valence-electron chi connectivity index (χ4n) is 3.35. The normalized spacial score (nSPS) is 15.6. The summed E-state index contributed by atoms with van der Waals surface area (Å²) in [6.45, 7) is 10.00. The van der Waals surface area contributed by atoms with Gasteiger partial charge in [0.25, 0.3) is 0 Å². The van der Waals surface area contributed by atoms with Gasteiger partial charge >= 0.3 is 0 Å². The zero-order valence-electron chi connectivity index (χ0n) is 13.7. The zero-order chi connectivity index (χ0) is 17.4. The molecule has 0 spiro atoms. The molecule has 2 aromatic carbocycles. The number of aromatic nitrogens is 3. The molecule has 0 radical (unpaired) electrons. The van der Waals surface area contributed by atoms with Gasteiger partial charge in [-0.3, -0.25) is 0 Å². The highest BCUT2D eigenvalue weighted by atomic mass is 79.9. The molecule has 4 rings (SSSR count). The van der Waals surface area contributed by atoms with Crippen molar-refractivity contribution in [2.45, 2.75) is 25.9 Å². The second kappa shape index (κ2) is 6.34. The lowest BCUT2D eigenvalue weighted by Gasteiger charge is -2.21. The average Bonchev–Trinajstić information content (AvgIpc) is 2.91. The van der Waals surface area contributed by atoms with Crippen LogP contribution in [0, 0.1) is 13.5 Å². The topological polar surface area (TPSA) is 47.1 Å². The Morgan fingerprint density at radius 2 is 2.16 bits per heavy atom. The SMILES string of the molecule is [C-]#[N+]c1cccc(NC2CCn3nnc(C)c3-c3ccc(Br)cc32)c1. The molecular weight excluding hydrogens is 378 g/mol. The summed E-state index contributed by atoms with van der Waals surface area (Å²) >= 11 is 3.60. The molecule has 2 heterocycles. The van der Waals surface area contributed by atoms with Crippen LogP contribution in [0.1, 0.15) is 23.7 Å². The molecule has 25 heavy (non-hydrogen) atoms. The third-order valence-corrected chi connectivity index (χ3v) is 4.99. The lowest BCUT2D eigenvalue weighted by Crippen LogP contribution is -2.12. The fourth-order valence-corrected chi connectivity index (χ4v) is 3.73. The Balaban J connectivity index is 1.78. The van der Waals surface area contributed by atoms with Crippen molar-refractivity contribution in [2.24, 2.45) is 0 Å². The van der Waals surface area contributed by atoms with Crippen LogP contribution in [0.25, 0.3) is 16.1 Å². The van der Waals surface area contributed by atoms with E-state index in [9.17, 15) is 0 Å². The standard InChI is InChI=1S/C19H16BrN5/c1-12-19-16-7-6-13(20)10-17(16)18(8-9-25(19)24-23-12)22-15-5-3-4-14(11-15)21-2/h3-7,10-11,18,22H,8-9H2,1H3. The number of hydrogen-bond donors (Lipinski definition) is 1. The maximum Gasteiger partial charge on any atom is 0.189 e. The first-order valence-corrected chi connectivity index (χ1v) is 8.89. The van der Waals surface area contributed by atoms with Crippen LogP contribution in [0.3, 0.4) is 0 Å².